The van der Waals surface area contributed by atoms with E-state index in [-0.39, 0.29) is 17.9 Å². The normalized spacial score (nSPS) is 16.3. The fraction of sp³-hybridized carbons (Fsp3) is 0.800. The van der Waals surface area contributed by atoms with E-state index in [0.717, 1.165) is 6.42 Å². The van der Waals surface area contributed by atoms with E-state index in [9.17, 15) is 9.59 Å². The molecule has 0 spiro atoms. The summed E-state index contributed by atoms with van der Waals surface area (Å²) in [6.07, 6.45) is 0.861. The number of carbonyl (C=O) groups is 2. The number of hydrogen-bond acceptors (Lipinski definition) is 3. The number of hydrogen-bond donors (Lipinski definition) is 3. The Hall–Kier alpha value is -1.10. The van der Waals surface area contributed by atoms with Crippen LogP contribution in [0.1, 0.15) is 34.1 Å². The number of nitrogens with one attached hydrogen (secondary N) is 2. The van der Waals surface area contributed by atoms with Gasteiger partial charge in [-0.1, -0.05) is 6.92 Å². The van der Waals surface area contributed by atoms with Crippen LogP contribution in [0.25, 0.3) is 0 Å². The van der Waals surface area contributed by atoms with Crippen LogP contribution in [0.4, 0.5) is 0 Å². The summed E-state index contributed by atoms with van der Waals surface area (Å²) in [5.41, 5.74) is 5.37. The third-order valence-electron chi connectivity index (χ3n) is 2.17. The van der Waals surface area contributed by atoms with Crippen LogP contribution < -0.4 is 16.4 Å². The van der Waals surface area contributed by atoms with E-state index in [0.29, 0.717) is 0 Å². The molecule has 0 aliphatic rings. The summed E-state index contributed by atoms with van der Waals surface area (Å²) in [6, 6.07) is -1.02. The van der Waals surface area contributed by atoms with Gasteiger partial charge >= 0.3 is 0 Å². The van der Waals surface area contributed by atoms with Gasteiger partial charge < -0.3 is 16.4 Å². The van der Waals surface area contributed by atoms with Crippen LogP contribution in [-0.2, 0) is 9.59 Å². The van der Waals surface area contributed by atoms with Gasteiger partial charge in [0.15, 0.2) is 0 Å². The monoisotopic (exact) mass is 215 g/mol. The Labute approximate surface area is 90.8 Å². The zero-order valence-corrected chi connectivity index (χ0v) is 9.83. The van der Waals surface area contributed by atoms with Crippen molar-refractivity contribution in [1.82, 2.24) is 10.6 Å². The van der Waals surface area contributed by atoms with Crippen LogP contribution in [0.5, 0.6) is 0 Å². The van der Waals surface area contributed by atoms with Crippen molar-refractivity contribution in [3.05, 3.63) is 0 Å². The molecule has 5 nitrogen and oxygen atoms in total. The minimum atomic E-state index is -0.594. The quantitative estimate of drug-likeness (QED) is 0.591. The van der Waals surface area contributed by atoms with Gasteiger partial charge in [0.1, 0.15) is 6.04 Å². The van der Waals surface area contributed by atoms with Crippen LogP contribution in [0.3, 0.4) is 0 Å². The van der Waals surface area contributed by atoms with Crippen LogP contribution in [0, 0.1) is 0 Å². The van der Waals surface area contributed by atoms with Gasteiger partial charge in [-0.3, -0.25) is 9.59 Å². The standard InChI is InChI=1S/C10H21N3O2/c1-5-6(2)12-10(15)8(4)13-9(14)7(3)11/h6-8H,5,11H2,1-4H3,(H,12,15)(H,13,14)/t6?,7-,8?/m0/s1. The average Bonchev–Trinajstić information content (AvgIpc) is 2.16. The van der Waals surface area contributed by atoms with Gasteiger partial charge in [-0.15, -0.1) is 0 Å². The number of amides is 2. The van der Waals surface area contributed by atoms with Crippen molar-refractivity contribution in [3.63, 3.8) is 0 Å². The maximum absolute atomic E-state index is 11.5. The van der Waals surface area contributed by atoms with E-state index in [2.05, 4.69) is 10.6 Å². The summed E-state index contributed by atoms with van der Waals surface area (Å²) in [5.74, 6) is -0.500. The van der Waals surface area contributed by atoms with Gasteiger partial charge in [-0.25, -0.2) is 0 Å². The molecule has 0 aromatic rings. The van der Waals surface area contributed by atoms with Gasteiger partial charge in [0.25, 0.3) is 0 Å². The lowest BCUT2D eigenvalue weighted by Gasteiger charge is -2.18. The highest BCUT2D eigenvalue weighted by Gasteiger charge is 2.18. The Kier molecular flexibility index (Phi) is 5.93. The van der Waals surface area contributed by atoms with E-state index < -0.39 is 12.1 Å². The predicted molar refractivity (Wildman–Crippen MR) is 59.1 cm³/mol. The molecule has 88 valence electrons. The molecule has 0 rings (SSSR count). The van der Waals surface area contributed by atoms with Crippen molar-refractivity contribution in [2.24, 2.45) is 5.73 Å². The molecule has 0 bridgehead atoms. The first kappa shape index (κ1) is 13.9. The molecule has 0 aliphatic heterocycles. The Morgan fingerprint density at radius 1 is 1.13 bits per heavy atom. The second-order valence-corrected chi connectivity index (χ2v) is 3.84. The van der Waals surface area contributed by atoms with Crippen molar-refractivity contribution in [2.75, 3.05) is 0 Å². The Balaban J connectivity index is 4.04. The van der Waals surface area contributed by atoms with Gasteiger partial charge in [-0.05, 0) is 27.2 Å². The van der Waals surface area contributed by atoms with Crippen molar-refractivity contribution in [3.8, 4) is 0 Å². The molecule has 0 heterocycles. The lowest BCUT2D eigenvalue weighted by molar-refractivity contribution is -0.129. The zero-order valence-electron chi connectivity index (χ0n) is 9.83. The molecule has 5 heteroatoms. The smallest absolute Gasteiger partial charge is 0.242 e. The maximum atomic E-state index is 11.5. The summed E-state index contributed by atoms with van der Waals surface area (Å²) >= 11 is 0. The first-order chi connectivity index (χ1) is 6.88. The van der Waals surface area contributed by atoms with Gasteiger partial charge in [-0.2, -0.15) is 0 Å². The summed E-state index contributed by atoms with van der Waals surface area (Å²) < 4.78 is 0. The van der Waals surface area contributed by atoms with Crippen molar-refractivity contribution in [2.45, 2.75) is 52.2 Å². The van der Waals surface area contributed by atoms with Gasteiger partial charge in [0.05, 0.1) is 6.04 Å². The molecule has 0 aliphatic carbocycles. The van der Waals surface area contributed by atoms with Crippen LogP contribution >= 0.6 is 0 Å². The highest BCUT2D eigenvalue weighted by Crippen LogP contribution is 1.91. The molecule has 0 aromatic heterocycles. The van der Waals surface area contributed by atoms with E-state index in [1.807, 2.05) is 13.8 Å². The highest BCUT2D eigenvalue weighted by atomic mass is 16.2. The lowest BCUT2D eigenvalue weighted by atomic mass is 10.2. The maximum Gasteiger partial charge on any atom is 0.242 e. The molecule has 2 unspecified atom stereocenters. The molecular weight excluding hydrogens is 194 g/mol. The first-order valence-electron chi connectivity index (χ1n) is 5.24. The molecule has 0 saturated carbocycles. The van der Waals surface area contributed by atoms with Gasteiger partial charge in [0, 0.05) is 6.04 Å². The first-order valence-corrected chi connectivity index (χ1v) is 5.24. The second kappa shape index (κ2) is 6.40. The number of carbonyl (C=O) groups excluding carboxylic acids is 2. The van der Waals surface area contributed by atoms with E-state index in [1.54, 1.807) is 13.8 Å². The summed E-state index contributed by atoms with van der Waals surface area (Å²) in [5, 5.41) is 5.31. The van der Waals surface area contributed by atoms with Crippen LogP contribution in [0.2, 0.25) is 0 Å². The summed E-state index contributed by atoms with van der Waals surface area (Å²) in [4.78, 5) is 22.7. The number of nitrogens with two attached hydrogens (primary N) is 1. The Morgan fingerprint density at radius 3 is 2.07 bits per heavy atom. The molecule has 3 atom stereocenters. The molecule has 0 saturated heterocycles. The third kappa shape index (κ3) is 5.37. The predicted octanol–water partition coefficient (Wildman–Crippen LogP) is -0.247. The fourth-order valence-electron chi connectivity index (χ4n) is 0.880. The SMILES string of the molecule is CCC(C)NC(=O)C(C)NC(=O)[C@H](C)N. The third-order valence-corrected chi connectivity index (χ3v) is 2.17. The fourth-order valence-corrected chi connectivity index (χ4v) is 0.880. The van der Waals surface area contributed by atoms with Gasteiger partial charge in [0.2, 0.25) is 11.8 Å². The molecule has 15 heavy (non-hydrogen) atoms. The number of rotatable bonds is 5. The molecule has 2 amide bonds. The Morgan fingerprint density at radius 2 is 1.67 bits per heavy atom. The molecule has 4 N–H and O–H groups in total. The summed E-state index contributed by atoms with van der Waals surface area (Å²) in [6.45, 7) is 7.11. The summed E-state index contributed by atoms with van der Waals surface area (Å²) in [7, 11) is 0. The van der Waals surface area contributed by atoms with Crippen molar-refractivity contribution >= 4 is 11.8 Å². The molecule has 0 fully saturated rings. The lowest BCUT2D eigenvalue weighted by Crippen LogP contribution is -2.50. The van der Waals surface area contributed by atoms with E-state index in [4.69, 9.17) is 5.73 Å². The molecule has 0 aromatic carbocycles. The van der Waals surface area contributed by atoms with Crippen LogP contribution in [0.15, 0.2) is 0 Å². The van der Waals surface area contributed by atoms with Crippen LogP contribution in [-0.4, -0.2) is 29.9 Å². The topological polar surface area (TPSA) is 84.2 Å². The Bertz CT molecular complexity index is 229. The zero-order chi connectivity index (χ0) is 12.0. The minimum Gasteiger partial charge on any atom is -0.352 e. The largest absolute Gasteiger partial charge is 0.352 e. The van der Waals surface area contributed by atoms with E-state index in [1.165, 1.54) is 0 Å². The molecular formula is C10H21N3O2. The minimum absolute atomic E-state index is 0.118. The second-order valence-electron chi connectivity index (χ2n) is 3.84. The van der Waals surface area contributed by atoms with Crippen molar-refractivity contribution < 1.29 is 9.59 Å². The molecule has 0 radical (unpaired) electrons. The average molecular weight is 215 g/mol. The highest BCUT2D eigenvalue weighted by molar-refractivity contribution is 5.89. The van der Waals surface area contributed by atoms with E-state index >= 15 is 0 Å². The van der Waals surface area contributed by atoms with Crippen molar-refractivity contribution in [1.29, 1.82) is 0 Å².